The van der Waals surface area contributed by atoms with Crippen molar-refractivity contribution in [1.29, 1.82) is 0 Å². The van der Waals surface area contributed by atoms with Crippen molar-refractivity contribution in [2.75, 3.05) is 0 Å². The van der Waals surface area contributed by atoms with Gasteiger partial charge in [-0.15, -0.1) is 5.56 Å². The molecule has 0 saturated carbocycles. The average Bonchev–Trinajstić information content (AvgIpc) is 2.91. The molecule has 0 N–H and O–H groups in total. The van der Waals surface area contributed by atoms with Gasteiger partial charge in [0.2, 0.25) is 0 Å². The van der Waals surface area contributed by atoms with E-state index in [1.807, 2.05) is 61.5 Å². The van der Waals surface area contributed by atoms with Crippen molar-refractivity contribution in [3.63, 3.8) is 0 Å². The first-order valence-electron chi connectivity index (χ1n) is 4.68. The molecule has 0 aromatic heterocycles. The van der Waals surface area contributed by atoms with Gasteiger partial charge in [0.05, 0.1) is 0 Å². The quantitative estimate of drug-likeness (QED) is 0.449. The fourth-order valence-corrected chi connectivity index (χ4v) is 1.09. The summed E-state index contributed by atoms with van der Waals surface area (Å²) in [5.74, 6) is 0.0556. The van der Waals surface area contributed by atoms with E-state index in [1.165, 1.54) is 0 Å². The molecule has 1 nitrogen and oxygen atoms in total. The van der Waals surface area contributed by atoms with E-state index in [-0.39, 0.29) is 23.0 Å². The minimum absolute atomic E-state index is 0. The molecule has 1 unspecified atom stereocenters. The first-order valence-corrected chi connectivity index (χ1v) is 4.68. The molecule has 2 rings (SSSR count). The molecule has 2 aromatic rings. The molecule has 2 aromatic carbocycles. The van der Waals surface area contributed by atoms with Crippen LogP contribution in [0, 0.1) is 0 Å². The molecule has 80 valence electrons. The van der Waals surface area contributed by atoms with Crippen molar-refractivity contribution >= 4 is 6.29 Å². The summed E-state index contributed by atoms with van der Waals surface area (Å²) in [7, 11) is 0. The molecular formula is C13H14FeO. The maximum Gasteiger partial charge on any atom is 2.00 e. The summed E-state index contributed by atoms with van der Waals surface area (Å²) < 4.78 is 0. The largest absolute Gasteiger partial charge is 2.00 e. The van der Waals surface area contributed by atoms with Crippen molar-refractivity contribution in [2.24, 2.45) is 0 Å². The Bertz CT molecular complexity index is 304. The number of rotatable bonds is 2. The van der Waals surface area contributed by atoms with E-state index in [0.29, 0.717) is 0 Å². The van der Waals surface area contributed by atoms with Gasteiger partial charge in [-0.1, -0.05) is 6.92 Å². The van der Waals surface area contributed by atoms with Crippen LogP contribution in [-0.4, -0.2) is 6.29 Å². The molecule has 0 radical (unpaired) electrons. The molecule has 0 aliphatic rings. The second kappa shape index (κ2) is 8.22. The van der Waals surface area contributed by atoms with Crippen molar-refractivity contribution in [3.8, 4) is 0 Å². The topological polar surface area (TPSA) is 17.1 Å². The monoisotopic (exact) mass is 242 g/mol. The Kier molecular flexibility index (Phi) is 7.61. The summed E-state index contributed by atoms with van der Waals surface area (Å²) in [4.78, 5) is 10.2. The summed E-state index contributed by atoms with van der Waals surface area (Å²) in [5, 5.41) is 0. The molecule has 15 heavy (non-hydrogen) atoms. The Balaban J connectivity index is 0.000000280. The van der Waals surface area contributed by atoms with Gasteiger partial charge in [0.15, 0.2) is 0 Å². The molecule has 0 fully saturated rings. The predicted molar refractivity (Wildman–Crippen MR) is 58.5 cm³/mol. The van der Waals surface area contributed by atoms with Gasteiger partial charge >= 0.3 is 17.1 Å². The van der Waals surface area contributed by atoms with Crippen LogP contribution in [0.1, 0.15) is 18.4 Å². The van der Waals surface area contributed by atoms with Crippen LogP contribution in [0.3, 0.4) is 0 Å². The second-order valence-corrected chi connectivity index (χ2v) is 3.11. The Morgan fingerprint density at radius 1 is 1.13 bits per heavy atom. The van der Waals surface area contributed by atoms with E-state index >= 15 is 0 Å². The van der Waals surface area contributed by atoms with Crippen LogP contribution in [0.15, 0.2) is 54.6 Å². The van der Waals surface area contributed by atoms with Gasteiger partial charge in [-0.2, -0.15) is 30.3 Å². The van der Waals surface area contributed by atoms with E-state index in [2.05, 4.69) is 0 Å². The second-order valence-electron chi connectivity index (χ2n) is 3.11. The standard InChI is InChI=1S/C8H9O.C5H5.Fe/c1-7(6-9)8-4-2-3-5-8;1-2-4-5-3-1;/h2-7H,1H3;1-5H;/q2*-1;+2. The van der Waals surface area contributed by atoms with Crippen LogP contribution in [-0.2, 0) is 21.9 Å². The minimum atomic E-state index is 0. The normalized spacial score (nSPS) is 10.5. The summed E-state index contributed by atoms with van der Waals surface area (Å²) in [6.45, 7) is 1.89. The van der Waals surface area contributed by atoms with E-state index in [0.717, 1.165) is 11.8 Å². The summed E-state index contributed by atoms with van der Waals surface area (Å²) in [6.07, 6.45) is 0.954. The number of hydrogen-bond acceptors (Lipinski definition) is 1. The SMILES string of the molecule is CC(C=O)[c-]1cccc1.[Fe+2].c1cc[cH-]c1. The average molecular weight is 242 g/mol. The molecule has 1 atom stereocenters. The molecule has 0 aliphatic carbocycles. The van der Waals surface area contributed by atoms with Crippen LogP contribution in [0.5, 0.6) is 0 Å². The van der Waals surface area contributed by atoms with E-state index in [4.69, 9.17) is 0 Å². The van der Waals surface area contributed by atoms with Gasteiger partial charge in [0, 0.05) is 0 Å². The van der Waals surface area contributed by atoms with Crippen molar-refractivity contribution in [2.45, 2.75) is 12.8 Å². The fraction of sp³-hybridized carbons (Fsp3) is 0.154. The molecule has 0 amide bonds. The molecule has 0 heterocycles. The first-order chi connectivity index (χ1) is 6.84. The minimum Gasteiger partial charge on any atom is -0.304 e. The van der Waals surface area contributed by atoms with Gasteiger partial charge in [-0.3, -0.25) is 0 Å². The third-order valence-corrected chi connectivity index (χ3v) is 1.97. The van der Waals surface area contributed by atoms with Gasteiger partial charge in [-0.05, 0) is 5.92 Å². The first kappa shape index (κ1) is 13.9. The Morgan fingerprint density at radius 3 is 2.00 bits per heavy atom. The molecule has 0 spiro atoms. The predicted octanol–water partition coefficient (Wildman–Crippen LogP) is 3.11. The van der Waals surface area contributed by atoms with Crippen LogP contribution in [0.2, 0.25) is 0 Å². The van der Waals surface area contributed by atoms with Gasteiger partial charge < -0.3 is 4.79 Å². The van der Waals surface area contributed by atoms with Crippen LogP contribution in [0.25, 0.3) is 0 Å². The summed E-state index contributed by atoms with van der Waals surface area (Å²) in [5.41, 5.74) is 1.10. The number of carbonyl (C=O) groups is 1. The van der Waals surface area contributed by atoms with E-state index in [1.54, 1.807) is 0 Å². The number of hydrogen-bond donors (Lipinski definition) is 0. The zero-order valence-electron chi connectivity index (χ0n) is 8.61. The van der Waals surface area contributed by atoms with Gasteiger partial charge in [0.25, 0.3) is 0 Å². The maximum atomic E-state index is 10.2. The number of aldehydes is 1. The Labute approximate surface area is 101 Å². The van der Waals surface area contributed by atoms with Crippen molar-refractivity contribution in [1.82, 2.24) is 0 Å². The smallest absolute Gasteiger partial charge is 0.304 e. The fourth-order valence-electron chi connectivity index (χ4n) is 1.09. The van der Waals surface area contributed by atoms with Crippen LogP contribution < -0.4 is 0 Å². The third-order valence-electron chi connectivity index (χ3n) is 1.97. The van der Waals surface area contributed by atoms with Crippen molar-refractivity contribution < 1.29 is 21.9 Å². The summed E-state index contributed by atoms with van der Waals surface area (Å²) in [6, 6.07) is 17.8. The van der Waals surface area contributed by atoms with Gasteiger partial charge in [0.1, 0.15) is 6.29 Å². The molecule has 0 aliphatic heterocycles. The zero-order valence-corrected chi connectivity index (χ0v) is 9.72. The summed E-state index contributed by atoms with van der Waals surface area (Å²) >= 11 is 0. The van der Waals surface area contributed by atoms with E-state index < -0.39 is 0 Å². The van der Waals surface area contributed by atoms with Crippen LogP contribution in [0.4, 0.5) is 0 Å². The Hall–Kier alpha value is -1.11. The molecule has 0 saturated heterocycles. The van der Waals surface area contributed by atoms with E-state index in [9.17, 15) is 4.79 Å². The van der Waals surface area contributed by atoms with Gasteiger partial charge in [-0.25, -0.2) is 24.3 Å². The third kappa shape index (κ3) is 5.36. The Morgan fingerprint density at radius 2 is 1.67 bits per heavy atom. The zero-order chi connectivity index (χ0) is 10.2. The molecule has 0 bridgehead atoms. The van der Waals surface area contributed by atoms with Crippen molar-refractivity contribution in [3.05, 3.63) is 60.2 Å². The number of carbonyl (C=O) groups excluding carboxylic acids is 1. The maximum absolute atomic E-state index is 10.2. The van der Waals surface area contributed by atoms with Crippen LogP contribution >= 0.6 is 0 Å². The molecule has 2 heteroatoms. The molecular weight excluding hydrogens is 228 g/mol.